The van der Waals surface area contributed by atoms with Crippen LogP contribution in [0, 0.1) is 0 Å². The molecular weight excluding hydrogens is 348 g/mol. The zero-order valence-corrected chi connectivity index (χ0v) is 13.6. The lowest BCUT2D eigenvalue weighted by Gasteiger charge is -2.17. The topological polar surface area (TPSA) is 94.0 Å². The number of nitrogens with one attached hydrogen (secondary N) is 1. The second-order valence-electron chi connectivity index (χ2n) is 5.57. The van der Waals surface area contributed by atoms with E-state index in [9.17, 15) is 4.79 Å². The standard InChI is InChI=1S/C15H17BrN4O2/c16-11-5-3-4-10(8-11)13(21)18-9-12-19-14(20-22-12)15(17)6-1-2-7-15/h3-5,8H,1-2,6-7,9,17H2,(H,18,21). The fourth-order valence-corrected chi connectivity index (χ4v) is 3.05. The summed E-state index contributed by atoms with van der Waals surface area (Å²) in [7, 11) is 0. The molecule has 1 aromatic heterocycles. The van der Waals surface area contributed by atoms with E-state index in [0.29, 0.717) is 17.3 Å². The Morgan fingerprint density at radius 3 is 2.91 bits per heavy atom. The smallest absolute Gasteiger partial charge is 0.251 e. The van der Waals surface area contributed by atoms with Crippen molar-refractivity contribution in [2.75, 3.05) is 0 Å². The highest BCUT2D eigenvalue weighted by molar-refractivity contribution is 9.10. The van der Waals surface area contributed by atoms with Gasteiger partial charge in [-0.25, -0.2) is 0 Å². The van der Waals surface area contributed by atoms with E-state index in [0.717, 1.165) is 30.2 Å². The van der Waals surface area contributed by atoms with E-state index < -0.39 is 5.54 Å². The van der Waals surface area contributed by atoms with Crippen LogP contribution in [0.1, 0.15) is 47.8 Å². The van der Waals surface area contributed by atoms with E-state index in [-0.39, 0.29) is 12.5 Å². The van der Waals surface area contributed by atoms with Gasteiger partial charge < -0.3 is 15.6 Å². The van der Waals surface area contributed by atoms with Crippen molar-refractivity contribution in [2.45, 2.75) is 37.8 Å². The molecule has 0 radical (unpaired) electrons. The average molecular weight is 365 g/mol. The molecule has 22 heavy (non-hydrogen) atoms. The number of nitrogens with two attached hydrogens (primary N) is 1. The number of carbonyl (C=O) groups excluding carboxylic acids is 1. The summed E-state index contributed by atoms with van der Waals surface area (Å²) in [4.78, 5) is 16.4. The Kier molecular flexibility index (Phi) is 4.26. The van der Waals surface area contributed by atoms with Gasteiger partial charge in [-0.2, -0.15) is 4.98 Å². The Bertz CT molecular complexity index is 680. The predicted octanol–water partition coefficient (Wildman–Crippen LogP) is 2.49. The van der Waals surface area contributed by atoms with E-state index in [4.69, 9.17) is 10.3 Å². The predicted molar refractivity (Wildman–Crippen MR) is 83.9 cm³/mol. The molecule has 7 heteroatoms. The van der Waals surface area contributed by atoms with Crippen molar-refractivity contribution in [1.82, 2.24) is 15.5 Å². The summed E-state index contributed by atoms with van der Waals surface area (Å²) in [5.41, 5.74) is 6.37. The van der Waals surface area contributed by atoms with Crippen molar-refractivity contribution < 1.29 is 9.32 Å². The lowest BCUT2D eigenvalue weighted by atomic mass is 9.99. The number of aromatic nitrogens is 2. The van der Waals surface area contributed by atoms with Gasteiger partial charge in [0.05, 0.1) is 12.1 Å². The average Bonchev–Trinajstić information content (AvgIpc) is 3.14. The van der Waals surface area contributed by atoms with Crippen LogP contribution >= 0.6 is 15.9 Å². The molecule has 0 saturated heterocycles. The van der Waals surface area contributed by atoms with Crippen LogP contribution < -0.4 is 11.1 Å². The van der Waals surface area contributed by atoms with Crippen LogP contribution in [-0.4, -0.2) is 16.0 Å². The number of amides is 1. The second kappa shape index (κ2) is 6.18. The van der Waals surface area contributed by atoms with Gasteiger partial charge in [0.15, 0.2) is 5.82 Å². The fraction of sp³-hybridized carbons (Fsp3) is 0.400. The van der Waals surface area contributed by atoms with Crippen LogP contribution in [0.5, 0.6) is 0 Å². The molecule has 0 spiro atoms. The number of benzene rings is 1. The quantitative estimate of drug-likeness (QED) is 0.868. The number of carbonyl (C=O) groups is 1. The molecule has 1 amide bonds. The molecule has 0 bridgehead atoms. The maximum absolute atomic E-state index is 12.0. The van der Waals surface area contributed by atoms with E-state index in [1.807, 2.05) is 12.1 Å². The Hall–Kier alpha value is -1.73. The third-order valence-electron chi connectivity index (χ3n) is 3.90. The SMILES string of the molecule is NC1(c2noc(CNC(=O)c3cccc(Br)c3)n2)CCCC1. The normalized spacial score (nSPS) is 16.6. The first kappa shape index (κ1) is 15.2. The number of hydrogen-bond donors (Lipinski definition) is 2. The van der Waals surface area contributed by atoms with E-state index in [1.165, 1.54) is 0 Å². The largest absolute Gasteiger partial charge is 0.343 e. The second-order valence-corrected chi connectivity index (χ2v) is 6.48. The highest BCUT2D eigenvalue weighted by Crippen LogP contribution is 2.34. The zero-order chi connectivity index (χ0) is 15.6. The van der Waals surface area contributed by atoms with Crippen LogP contribution in [0.25, 0.3) is 0 Å². The Morgan fingerprint density at radius 2 is 2.18 bits per heavy atom. The first-order valence-corrected chi connectivity index (χ1v) is 8.02. The summed E-state index contributed by atoms with van der Waals surface area (Å²) in [6.07, 6.45) is 3.91. The number of hydrogen-bond acceptors (Lipinski definition) is 5. The van der Waals surface area contributed by atoms with Crippen LogP contribution in [0.3, 0.4) is 0 Å². The molecule has 2 aromatic rings. The molecule has 1 aliphatic carbocycles. The molecule has 1 aliphatic rings. The minimum absolute atomic E-state index is 0.189. The lowest BCUT2D eigenvalue weighted by molar-refractivity contribution is 0.0946. The third-order valence-corrected chi connectivity index (χ3v) is 4.39. The van der Waals surface area contributed by atoms with Crippen LogP contribution in [-0.2, 0) is 12.1 Å². The van der Waals surface area contributed by atoms with Crippen molar-refractivity contribution in [1.29, 1.82) is 0 Å². The van der Waals surface area contributed by atoms with Crippen LogP contribution in [0.4, 0.5) is 0 Å². The van der Waals surface area contributed by atoms with Gasteiger partial charge in [0.25, 0.3) is 5.91 Å². The van der Waals surface area contributed by atoms with E-state index in [2.05, 4.69) is 31.4 Å². The van der Waals surface area contributed by atoms with Crippen molar-refractivity contribution in [2.24, 2.45) is 5.73 Å². The Balaban J connectivity index is 1.62. The van der Waals surface area contributed by atoms with Crippen molar-refractivity contribution in [3.63, 3.8) is 0 Å². The summed E-state index contributed by atoms with van der Waals surface area (Å²) in [5, 5.41) is 6.73. The molecule has 1 fully saturated rings. The van der Waals surface area contributed by atoms with Gasteiger partial charge in [-0.1, -0.05) is 40.0 Å². The van der Waals surface area contributed by atoms with E-state index in [1.54, 1.807) is 12.1 Å². The minimum atomic E-state index is -0.476. The molecule has 0 aliphatic heterocycles. The van der Waals surface area contributed by atoms with Gasteiger partial charge >= 0.3 is 0 Å². The molecule has 1 heterocycles. The minimum Gasteiger partial charge on any atom is -0.343 e. The molecule has 1 saturated carbocycles. The van der Waals surface area contributed by atoms with Gasteiger partial charge in [0.1, 0.15) is 0 Å². The maximum Gasteiger partial charge on any atom is 0.251 e. The zero-order valence-electron chi connectivity index (χ0n) is 12.0. The number of rotatable bonds is 4. The molecule has 3 rings (SSSR count). The van der Waals surface area contributed by atoms with Gasteiger partial charge in [0, 0.05) is 10.0 Å². The monoisotopic (exact) mass is 364 g/mol. The Morgan fingerprint density at radius 1 is 1.41 bits per heavy atom. The molecule has 116 valence electrons. The lowest BCUT2D eigenvalue weighted by Crippen LogP contribution is -2.34. The van der Waals surface area contributed by atoms with Gasteiger partial charge in [-0.15, -0.1) is 0 Å². The molecule has 0 atom stereocenters. The van der Waals surface area contributed by atoms with Gasteiger partial charge in [0.2, 0.25) is 5.89 Å². The van der Waals surface area contributed by atoms with Gasteiger partial charge in [-0.3, -0.25) is 4.79 Å². The molecule has 1 aromatic carbocycles. The molecule has 6 nitrogen and oxygen atoms in total. The summed E-state index contributed by atoms with van der Waals surface area (Å²) in [5.74, 6) is 0.719. The summed E-state index contributed by atoms with van der Waals surface area (Å²) < 4.78 is 6.04. The Labute approximate surface area is 136 Å². The highest BCUT2D eigenvalue weighted by Gasteiger charge is 2.35. The molecular formula is C15H17BrN4O2. The van der Waals surface area contributed by atoms with Crippen molar-refractivity contribution >= 4 is 21.8 Å². The first-order valence-electron chi connectivity index (χ1n) is 7.22. The van der Waals surface area contributed by atoms with Crippen LogP contribution in [0.2, 0.25) is 0 Å². The van der Waals surface area contributed by atoms with Crippen molar-refractivity contribution in [3.05, 3.63) is 46.0 Å². The van der Waals surface area contributed by atoms with Gasteiger partial charge in [-0.05, 0) is 31.0 Å². The van der Waals surface area contributed by atoms with E-state index >= 15 is 0 Å². The summed E-state index contributed by atoms with van der Waals surface area (Å²) in [6.45, 7) is 0.189. The van der Waals surface area contributed by atoms with Crippen LogP contribution in [0.15, 0.2) is 33.3 Å². The molecule has 0 unspecified atom stereocenters. The maximum atomic E-state index is 12.0. The number of halogens is 1. The fourth-order valence-electron chi connectivity index (χ4n) is 2.65. The first-order chi connectivity index (χ1) is 10.6. The summed E-state index contributed by atoms with van der Waals surface area (Å²) in [6, 6.07) is 7.17. The third kappa shape index (κ3) is 3.20. The van der Waals surface area contributed by atoms with Crippen molar-refractivity contribution in [3.8, 4) is 0 Å². The summed E-state index contributed by atoms with van der Waals surface area (Å²) >= 11 is 3.34. The molecule has 3 N–H and O–H groups in total. The number of nitrogens with zero attached hydrogens (tertiary/aromatic N) is 2. The highest BCUT2D eigenvalue weighted by atomic mass is 79.9.